The summed E-state index contributed by atoms with van der Waals surface area (Å²) in [5, 5.41) is 6.17. The number of esters is 3. The van der Waals surface area contributed by atoms with Crippen molar-refractivity contribution < 1.29 is 46.9 Å². The Morgan fingerprint density at radius 3 is 2.34 bits per heavy atom. The number of para-hydroxylation sites is 1. The molecular weight excluding hydrogens is 643 g/mol. The molecule has 6 atom stereocenters. The zero-order valence-corrected chi connectivity index (χ0v) is 27.5. The van der Waals surface area contributed by atoms with Gasteiger partial charge in [0.1, 0.15) is 17.4 Å². The van der Waals surface area contributed by atoms with E-state index in [4.69, 9.17) is 28.0 Å². The Kier molecular flexibility index (Phi) is 12.1. The van der Waals surface area contributed by atoms with Crippen molar-refractivity contribution in [2.45, 2.75) is 90.2 Å². The van der Waals surface area contributed by atoms with Crippen LogP contribution < -0.4 is 20.9 Å². The molecule has 1 aliphatic heterocycles. The van der Waals surface area contributed by atoms with Crippen molar-refractivity contribution in [3.05, 3.63) is 73.9 Å². The molecule has 0 bridgehead atoms. The number of hydrogen-bond acceptors (Lipinski definition) is 13. The van der Waals surface area contributed by atoms with Gasteiger partial charge in [-0.2, -0.15) is 5.09 Å². The van der Waals surface area contributed by atoms with E-state index in [9.17, 15) is 34.1 Å². The minimum absolute atomic E-state index is 0.0475. The van der Waals surface area contributed by atoms with Gasteiger partial charge in [-0.05, 0) is 45.4 Å². The molecular formula is C28H37N6O12P. The van der Waals surface area contributed by atoms with Gasteiger partial charge in [0.05, 0.1) is 6.61 Å². The summed E-state index contributed by atoms with van der Waals surface area (Å²) in [6.07, 6.45) is -4.43. The van der Waals surface area contributed by atoms with E-state index in [-0.39, 0.29) is 18.6 Å². The topological polar surface area (TPSA) is 239 Å². The number of carbonyl (C=O) groups excluding carboxylic acids is 3. The fraction of sp³-hybridized carbons (Fsp3) is 0.536. The number of H-pyrrole nitrogens is 1. The maximum atomic E-state index is 14.3. The smallest absolute Gasteiger partial charge is 0.459 e. The lowest BCUT2D eigenvalue weighted by molar-refractivity contribution is -0.172. The molecule has 2 aromatic rings. The van der Waals surface area contributed by atoms with Crippen molar-refractivity contribution in [2.24, 2.45) is 5.11 Å². The van der Waals surface area contributed by atoms with Crippen LogP contribution in [0.4, 0.5) is 0 Å². The highest BCUT2D eigenvalue weighted by molar-refractivity contribution is 7.52. The van der Waals surface area contributed by atoms with Crippen LogP contribution in [0.2, 0.25) is 0 Å². The van der Waals surface area contributed by atoms with E-state index in [0.717, 1.165) is 16.8 Å². The Labute approximate surface area is 268 Å². The lowest BCUT2D eigenvalue weighted by Gasteiger charge is -2.32. The largest absolute Gasteiger partial charge is 0.459 e. The van der Waals surface area contributed by atoms with Crippen LogP contribution in [0.25, 0.3) is 10.4 Å². The predicted molar refractivity (Wildman–Crippen MR) is 163 cm³/mol. The molecule has 1 aromatic carbocycles. The highest BCUT2D eigenvalue weighted by Gasteiger charge is 2.61. The normalized spacial score (nSPS) is 22.6. The van der Waals surface area contributed by atoms with Crippen LogP contribution >= 0.6 is 7.75 Å². The summed E-state index contributed by atoms with van der Waals surface area (Å²) in [5.74, 6) is -2.43. The zero-order chi connectivity index (χ0) is 35.0. The molecule has 2 N–H and O–H groups in total. The van der Waals surface area contributed by atoms with E-state index in [2.05, 4.69) is 15.1 Å². The summed E-state index contributed by atoms with van der Waals surface area (Å²) in [5.41, 5.74) is 4.51. The van der Waals surface area contributed by atoms with Crippen LogP contribution in [0.3, 0.4) is 0 Å². The summed E-state index contributed by atoms with van der Waals surface area (Å²) < 4.78 is 48.9. The fourth-order valence-corrected chi connectivity index (χ4v) is 5.71. The fourth-order valence-electron chi connectivity index (χ4n) is 4.20. The third-order valence-electron chi connectivity index (χ3n) is 6.31. The van der Waals surface area contributed by atoms with E-state index >= 15 is 0 Å². The predicted octanol–water partition coefficient (Wildman–Crippen LogP) is 3.24. The summed E-state index contributed by atoms with van der Waals surface area (Å²) in [4.78, 5) is 67.4. The molecule has 3 rings (SSSR count). The number of hydrogen-bond donors (Lipinski definition) is 2. The summed E-state index contributed by atoms with van der Waals surface area (Å²) in [6.45, 7) is 8.19. The quantitative estimate of drug-likeness (QED) is 0.0728. The molecule has 1 saturated heterocycles. The zero-order valence-electron chi connectivity index (χ0n) is 26.6. The number of rotatable bonds is 14. The molecule has 1 fully saturated rings. The summed E-state index contributed by atoms with van der Waals surface area (Å²) >= 11 is 0. The second kappa shape index (κ2) is 15.4. The highest BCUT2D eigenvalue weighted by Crippen LogP contribution is 2.49. The van der Waals surface area contributed by atoms with Gasteiger partial charge in [-0.1, -0.05) is 37.2 Å². The number of nitrogens with one attached hydrogen (secondary N) is 2. The standard InChI is InChI=1S/C28H37N6O12P/c1-7-20(36)42-22-23(43-21(37)8-2)28(32-33-29,44-24(22)34-15-14-19(35)30-26(34)39)16-41-47(40,46-18-12-10-9-11-13-18)31-17(3)25(38)45-27(4,5)6/h9-15,17,22-24H,7-8,16H2,1-6H3,(H,31,40)(H,30,35,39)/t17-,22+,23-,24+,28+,47?/m0/s1. The second-order valence-electron chi connectivity index (χ2n) is 11.2. The van der Waals surface area contributed by atoms with Crippen molar-refractivity contribution in [3.8, 4) is 5.75 Å². The van der Waals surface area contributed by atoms with Crippen molar-refractivity contribution in [2.75, 3.05) is 6.61 Å². The van der Waals surface area contributed by atoms with Crippen LogP contribution in [-0.2, 0) is 42.4 Å². The van der Waals surface area contributed by atoms with Gasteiger partial charge in [0.25, 0.3) is 5.56 Å². The van der Waals surface area contributed by atoms with Crippen molar-refractivity contribution >= 4 is 25.7 Å². The highest BCUT2D eigenvalue weighted by atomic mass is 31.2. The number of ether oxygens (including phenoxy) is 4. The van der Waals surface area contributed by atoms with Gasteiger partial charge >= 0.3 is 31.3 Å². The Morgan fingerprint density at radius 1 is 1.13 bits per heavy atom. The molecule has 0 amide bonds. The number of nitrogens with zero attached hydrogens (tertiary/aromatic N) is 4. The van der Waals surface area contributed by atoms with Crippen LogP contribution in [0, 0.1) is 0 Å². The molecule has 0 aliphatic carbocycles. The first-order valence-electron chi connectivity index (χ1n) is 14.5. The first kappa shape index (κ1) is 37.0. The molecule has 0 radical (unpaired) electrons. The number of aromatic amines is 1. The Morgan fingerprint density at radius 2 is 1.77 bits per heavy atom. The lowest BCUT2D eigenvalue weighted by Crippen LogP contribution is -2.49. The van der Waals surface area contributed by atoms with E-state index in [1.54, 1.807) is 39.0 Å². The van der Waals surface area contributed by atoms with Gasteiger partial charge in [0.15, 0.2) is 18.4 Å². The van der Waals surface area contributed by atoms with Gasteiger partial charge in [0.2, 0.25) is 5.72 Å². The first-order chi connectivity index (χ1) is 22.0. The Hall–Kier alpha value is -4.47. The Bertz CT molecular complexity index is 1650. The Balaban J connectivity index is 2.12. The molecule has 1 aromatic heterocycles. The number of carbonyl (C=O) groups is 3. The molecule has 2 heterocycles. The molecule has 47 heavy (non-hydrogen) atoms. The van der Waals surface area contributed by atoms with Gasteiger partial charge in [-0.25, -0.2) is 9.36 Å². The van der Waals surface area contributed by atoms with Gasteiger partial charge < -0.3 is 23.5 Å². The molecule has 1 aliphatic rings. The lowest BCUT2D eigenvalue weighted by atomic mass is 10.0. The van der Waals surface area contributed by atoms with Crippen molar-refractivity contribution in [1.82, 2.24) is 14.6 Å². The third kappa shape index (κ3) is 9.76. The average molecular weight is 681 g/mol. The van der Waals surface area contributed by atoms with Gasteiger partial charge in [0, 0.05) is 30.0 Å². The van der Waals surface area contributed by atoms with Crippen LogP contribution in [0.5, 0.6) is 5.75 Å². The van der Waals surface area contributed by atoms with Crippen molar-refractivity contribution in [1.29, 1.82) is 0 Å². The van der Waals surface area contributed by atoms with Crippen LogP contribution in [0.15, 0.2) is 57.3 Å². The van der Waals surface area contributed by atoms with Gasteiger partial charge in [-0.3, -0.25) is 33.3 Å². The molecule has 0 spiro atoms. The molecule has 19 heteroatoms. The average Bonchev–Trinajstić information content (AvgIpc) is 3.27. The maximum absolute atomic E-state index is 14.3. The molecule has 0 saturated carbocycles. The van der Waals surface area contributed by atoms with Crippen molar-refractivity contribution in [3.63, 3.8) is 0 Å². The van der Waals surface area contributed by atoms with Crippen LogP contribution in [-0.4, -0.2) is 63.6 Å². The number of azide groups is 1. The summed E-state index contributed by atoms with van der Waals surface area (Å²) in [7, 11) is -4.64. The number of aromatic nitrogens is 2. The maximum Gasteiger partial charge on any atom is 0.459 e. The second-order valence-corrected chi connectivity index (χ2v) is 12.9. The van der Waals surface area contributed by atoms with E-state index in [1.165, 1.54) is 32.9 Å². The SMILES string of the molecule is CCC(=O)O[C@H]1[C@H](n2ccc(=O)[nH]c2=O)O[C@@](COP(=O)(N[C@@H](C)C(=O)OC(C)(C)C)Oc2ccccc2)(N=[N+]=[N-])[C@H]1OC(=O)CC. The van der Waals surface area contributed by atoms with E-state index in [1.807, 2.05) is 4.98 Å². The minimum atomic E-state index is -4.64. The first-order valence-corrected chi connectivity index (χ1v) is 16.0. The monoisotopic (exact) mass is 680 g/mol. The molecule has 1 unspecified atom stereocenters. The minimum Gasteiger partial charge on any atom is -0.459 e. The third-order valence-corrected chi connectivity index (χ3v) is 7.94. The van der Waals surface area contributed by atoms with Crippen LogP contribution in [0.1, 0.15) is 60.6 Å². The summed E-state index contributed by atoms with van der Waals surface area (Å²) in [6, 6.07) is 7.44. The number of benzene rings is 1. The van der Waals surface area contributed by atoms with Gasteiger partial charge in [-0.15, -0.1) is 0 Å². The molecule has 18 nitrogen and oxygen atoms in total. The van der Waals surface area contributed by atoms with E-state index in [0.29, 0.717) is 0 Å². The molecule has 256 valence electrons. The van der Waals surface area contributed by atoms with E-state index < -0.39 is 79.3 Å².